The number of para-hydroxylation sites is 1. The topological polar surface area (TPSA) is 132 Å². The highest BCUT2D eigenvalue weighted by molar-refractivity contribution is 7.21. The summed E-state index contributed by atoms with van der Waals surface area (Å²) in [4.78, 5) is 16.6. The van der Waals surface area contributed by atoms with Gasteiger partial charge in [0.15, 0.2) is 10.4 Å². The first-order valence-electron chi connectivity index (χ1n) is 7.97. The summed E-state index contributed by atoms with van der Waals surface area (Å²) in [5, 5.41) is 12.9. The van der Waals surface area contributed by atoms with Crippen molar-refractivity contribution >= 4 is 44.7 Å². The molecule has 0 unspecified atom stereocenters. The smallest absolute Gasteiger partial charge is 0.290 e. The van der Waals surface area contributed by atoms with E-state index in [0.29, 0.717) is 32.1 Å². The average molecular weight is 376 g/mol. The van der Waals surface area contributed by atoms with Crippen LogP contribution in [0.1, 0.15) is 15.2 Å². The Labute approximate surface area is 157 Å². The van der Waals surface area contributed by atoms with Crippen LogP contribution in [0.25, 0.3) is 21.5 Å². The number of fused-ring (bicyclic) bond motifs is 1. The molecule has 3 aromatic heterocycles. The highest BCUT2D eigenvalue weighted by atomic mass is 32.1. The van der Waals surface area contributed by atoms with E-state index in [0.717, 1.165) is 0 Å². The number of nitriles is 1. The first kappa shape index (κ1) is 16.6. The highest BCUT2D eigenvalue weighted by Crippen LogP contribution is 2.41. The van der Waals surface area contributed by atoms with E-state index in [4.69, 9.17) is 15.9 Å². The molecule has 27 heavy (non-hydrogen) atoms. The third-order valence-corrected chi connectivity index (χ3v) is 5.20. The van der Waals surface area contributed by atoms with E-state index in [1.165, 1.54) is 17.6 Å². The predicted molar refractivity (Wildman–Crippen MR) is 104 cm³/mol. The van der Waals surface area contributed by atoms with Gasteiger partial charge in [-0.15, -0.1) is 0 Å². The van der Waals surface area contributed by atoms with Crippen LogP contribution in [0.5, 0.6) is 0 Å². The number of hydrogen-bond donors (Lipinski definition) is 3. The number of thiophene rings is 1. The molecule has 0 saturated heterocycles. The maximum absolute atomic E-state index is 12.7. The quantitative estimate of drug-likeness (QED) is 0.505. The van der Waals surface area contributed by atoms with Crippen molar-refractivity contribution < 1.29 is 14.2 Å². The van der Waals surface area contributed by atoms with Crippen molar-refractivity contribution in [3.8, 4) is 17.4 Å². The van der Waals surface area contributed by atoms with Crippen LogP contribution in [0, 0.1) is 11.3 Å². The third-order valence-electron chi connectivity index (χ3n) is 4.08. The van der Waals surface area contributed by atoms with Crippen molar-refractivity contribution in [1.82, 2.24) is 0 Å². The number of aromatic amines is 1. The molecule has 0 aliphatic heterocycles. The lowest BCUT2D eigenvalue weighted by Crippen LogP contribution is -2.13. The third kappa shape index (κ3) is 2.76. The number of anilines is 3. The molecule has 4 aromatic rings. The zero-order valence-electron chi connectivity index (χ0n) is 13.9. The lowest BCUT2D eigenvalue weighted by Gasteiger charge is -2.05. The molecule has 0 radical (unpaired) electrons. The molecular weight excluding hydrogens is 362 g/mol. The molecule has 0 atom stereocenters. The Bertz CT molecular complexity index is 1190. The summed E-state index contributed by atoms with van der Waals surface area (Å²) in [7, 11) is 0. The molecule has 6 N–H and O–H groups in total. The summed E-state index contributed by atoms with van der Waals surface area (Å²) < 4.78 is 5.47. The number of nitrogen functional groups attached to an aromatic ring is 2. The van der Waals surface area contributed by atoms with Gasteiger partial charge in [0.1, 0.15) is 16.7 Å². The van der Waals surface area contributed by atoms with Gasteiger partial charge in [0.2, 0.25) is 0 Å². The fraction of sp³-hybridized carbons (Fsp3) is 0. The van der Waals surface area contributed by atoms with Crippen LogP contribution in [0.15, 0.2) is 53.1 Å². The number of furan rings is 1. The van der Waals surface area contributed by atoms with Crippen LogP contribution in [0.3, 0.4) is 0 Å². The minimum Gasteiger partial charge on any atom is -0.464 e. The van der Waals surface area contributed by atoms with Crippen molar-refractivity contribution in [2.75, 3.05) is 16.8 Å². The molecule has 8 heteroatoms. The molecule has 1 aromatic carbocycles. The molecule has 0 fully saturated rings. The van der Waals surface area contributed by atoms with Gasteiger partial charge in [0.25, 0.3) is 11.7 Å². The van der Waals surface area contributed by atoms with Crippen LogP contribution in [-0.2, 0) is 0 Å². The van der Waals surface area contributed by atoms with Crippen molar-refractivity contribution in [3.05, 3.63) is 59.2 Å². The van der Waals surface area contributed by atoms with Crippen LogP contribution < -0.4 is 21.8 Å². The number of nitrogens with zero attached hydrogens (tertiary/aromatic N) is 1. The van der Waals surface area contributed by atoms with Gasteiger partial charge >= 0.3 is 0 Å². The fourth-order valence-electron chi connectivity index (χ4n) is 2.89. The minimum absolute atomic E-state index is 0.188. The number of rotatable bonds is 3. The number of amides is 1. The van der Waals surface area contributed by atoms with Gasteiger partial charge in [-0.2, -0.15) is 5.26 Å². The number of hydrogen-bond acceptors (Lipinski definition) is 6. The summed E-state index contributed by atoms with van der Waals surface area (Å²) in [6.45, 7) is 0. The molecule has 0 bridgehead atoms. The van der Waals surface area contributed by atoms with Crippen LogP contribution in [0.4, 0.5) is 17.2 Å². The molecule has 132 valence electrons. The number of benzene rings is 1. The maximum atomic E-state index is 12.7. The maximum Gasteiger partial charge on any atom is 0.290 e. The van der Waals surface area contributed by atoms with E-state index in [9.17, 15) is 10.1 Å². The first-order valence-corrected chi connectivity index (χ1v) is 8.79. The average Bonchev–Trinajstić information content (AvgIpc) is 3.30. The summed E-state index contributed by atoms with van der Waals surface area (Å²) in [5.74, 6) is 0.306. The predicted octanol–water partition coefficient (Wildman–Crippen LogP) is 3.26. The molecular formula is C19H14N5O2S+. The zero-order valence-corrected chi connectivity index (χ0v) is 14.8. The minimum atomic E-state index is -0.337. The number of aromatic nitrogens is 1. The Morgan fingerprint density at radius 3 is 2.63 bits per heavy atom. The second-order valence-corrected chi connectivity index (χ2v) is 6.77. The van der Waals surface area contributed by atoms with Crippen molar-refractivity contribution in [1.29, 1.82) is 5.26 Å². The second-order valence-electron chi connectivity index (χ2n) is 5.75. The van der Waals surface area contributed by atoms with Gasteiger partial charge in [0.05, 0.1) is 22.9 Å². The van der Waals surface area contributed by atoms with Crippen molar-refractivity contribution in [3.63, 3.8) is 0 Å². The number of H-pyrrole nitrogens is 1. The number of nitrogens with two attached hydrogens (primary N) is 2. The Morgan fingerprint density at radius 2 is 1.96 bits per heavy atom. The standard InChI is InChI=1S/C19H13N5O2S/c20-9-11-13(12-7-4-8-26-12)14-15(21)16(27-19(14)24-17(11)22)18(25)23-10-5-2-1-3-6-10/h1-8H,21H2,(H2,22,24)(H,23,25)/p+1. The lowest BCUT2D eigenvalue weighted by atomic mass is 10.0. The van der Waals surface area contributed by atoms with Crippen molar-refractivity contribution in [2.45, 2.75) is 0 Å². The highest BCUT2D eigenvalue weighted by Gasteiger charge is 2.27. The number of carbonyl (C=O) groups is 1. The summed E-state index contributed by atoms with van der Waals surface area (Å²) in [6.07, 6.45) is 1.50. The normalized spacial score (nSPS) is 10.6. The van der Waals surface area contributed by atoms with Gasteiger partial charge in [-0.1, -0.05) is 29.5 Å². The monoisotopic (exact) mass is 376 g/mol. The number of nitrogens with one attached hydrogen (secondary N) is 2. The lowest BCUT2D eigenvalue weighted by molar-refractivity contribution is -0.323. The molecule has 0 spiro atoms. The van der Waals surface area contributed by atoms with Gasteiger partial charge in [-0.25, -0.2) is 4.98 Å². The van der Waals surface area contributed by atoms with Gasteiger partial charge in [-0.3, -0.25) is 10.5 Å². The van der Waals surface area contributed by atoms with E-state index < -0.39 is 0 Å². The summed E-state index contributed by atoms with van der Waals surface area (Å²) >= 11 is 1.17. The van der Waals surface area contributed by atoms with Gasteiger partial charge in [0, 0.05) is 5.69 Å². The van der Waals surface area contributed by atoms with Gasteiger partial charge < -0.3 is 15.5 Å². The molecule has 0 aliphatic carbocycles. The van der Waals surface area contributed by atoms with E-state index in [-0.39, 0.29) is 23.0 Å². The first-order chi connectivity index (χ1) is 13.1. The van der Waals surface area contributed by atoms with E-state index in [2.05, 4.69) is 16.4 Å². The molecule has 0 aliphatic rings. The Kier molecular flexibility index (Phi) is 3.99. The van der Waals surface area contributed by atoms with E-state index in [1.54, 1.807) is 24.3 Å². The molecule has 3 heterocycles. The SMILES string of the molecule is N#Cc1c(N)[nH+]c2sc(C(=O)Nc3ccccc3)c(N)c2c1-c1ccco1. The number of pyridine rings is 1. The number of carbonyl (C=O) groups excluding carboxylic acids is 1. The summed E-state index contributed by atoms with van der Waals surface area (Å²) in [6, 6.07) is 14.6. The van der Waals surface area contributed by atoms with E-state index >= 15 is 0 Å². The largest absolute Gasteiger partial charge is 0.464 e. The van der Waals surface area contributed by atoms with Gasteiger partial charge in [-0.05, 0) is 24.3 Å². The van der Waals surface area contributed by atoms with Crippen molar-refractivity contribution in [2.24, 2.45) is 0 Å². The van der Waals surface area contributed by atoms with Crippen LogP contribution in [-0.4, -0.2) is 5.91 Å². The molecule has 0 saturated carbocycles. The fourth-order valence-corrected chi connectivity index (χ4v) is 3.92. The van der Waals surface area contributed by atoms with Crippen LogP contribution >= 0.6 is 11.3 Å². The van der Waals surface area contributed by atoms with Crippen LogP contribution in [0.2, 0.25) is 0 Å². The molecule has 4 rings (SSSR count). The zero-order chi connectivity index (χ0) is 19.0. The molecule has 7 nitrogen and oxygen atoms in total. The Hall–Kier alpha value is -3.83. The second kappa shape index (κ2) is 6.48. The summed E-state index contributed by atoms with van der Waals surface area (Å²) in [5.41, 5.74) is 13.9. The Morgan fingerprint density at radius 1 is 1.19 bits per heavy atom. The van der Waals surface area contributed by atoms with E-state index in [1.807, 2.05) is 18.2 Å². The molecule has 1 amide bonds. The Balaban J connectivity index is 1.91.